The van der Waals surface area contributed by atoms with Gasteiger partial charge in [-0.3, -0.25) is 9.48 Å². The molecule has 1 aliphatic heterocycles. The van der Waals surface area contributed by atoms with E-state index >= 15 is 0 Å². The number of anilines is 2. The third kappa shape index (κ3) is 3.12. The van der Waals surface area contributed by atoms with Gasteiger partial charge in [-0.25, -0.2) is 9.97 Å². The Balaban J connectivity index is 1.71. The van der Waals surface area contributed by atoms with Crippen molar-refractivity contribution in [3.8, 4) is 0 Å². The summed E-state index contributed by atoms with van der Waals surface area (Å²) < 4.78 is 1.69. The van der Waals surface area contributed by atoms with Crippen LogP contribution in [0.4, 0.5) is 11.5 Å². The molecule has 0 spiro atoms. The number of hydrogen-bond acceptors (Lipinski definition) is 5. The lowest BCUT2D eigenvalue weighted by molar-refractivity contribution is 0.101. The van der Waals surface area contributed by atoms with Gasteiger partial charge in [-0.2, -0.15) is 5.10 Å². The fourth-order valence-electron chi connectivity index (χ4n) is 3.28. The van der Waals surface area contributed by atoms with Crippen LogP contribution in [0.15, 0.2) is 36.5 Å². The number of hydrogen-bond donors (Lipinski definition) is 1. The lowest BCUT2D eigenvalue weighted by atomic mass is 9.99. The van der Waals surface area contributed by atoms with Crippen LogP contribution < -0.4 is 10.2 Å². The van der Waals surface area contributed by atoms with Gasteiger partial charge in [-0.1, -0.05) is 25.1 Å². The molecule has 2 aromatic heterocycles. The molecule has 7 nitrogen and oxygen atoms in total. The molecular weight excluding hydrogens is 328 g/mol. The highest BCUT2D eigenvalue weighted by molar-refractivity contribution is 6.03. The quantitative estimate of drug-likeness (QED) is 0.786. The first kappa shape index (κ1) is 16.5. The molecule has 7 heteroatoms. The van der Waals surface area contributed by atoms with Crippen molar-refractivity contribution in [1.82, 2.24) is 19.7 Å². The van der Waals surface area contributed by atoms with Crippen LogP contribution in [0.3, 0.4) is 0 Å². The first-order chi connectivity index (χ1) is 12.6. The third-order valence-corrected chi connectivity index (χ3v) is 4.89. The molecule has 1 fully saturated rings. The molecule has 1 amide bonds. The van der Waals surface area contributed by atoms with Crippen molar-refractivity contribution in [2.75, 3.05) is 23.3 Å². The first-order valence-electron chi connectivity index (χ1n) is 8.93. The van der Waals surface area contributed by atoms with E-state index in [9.17, 15) is 4.79 Å². The van der Waals surface area contributed by atoms with Gasteiger partial charge < -0.3 is 10.2 Å². The monoisotopic (exact) mass is 350 g/mol. The maximum absolute atomic E-state index is 12.7. The average Bonchev–Trinajstić information content (AvgIpc) is 3.04. The second kappa shape index (κ2) is 6.74. The van der Waals surface area contributed by atoms with Crippen LogP contribution in [0.2, 0.25) is 0 Å². The zero-order valence-electron chi connectivity index (χ0n) is 15.0. The predicted octanol–water partition coefficient (Wildman–Crippen LogP) is 2.85. The third-order valence-electron chi connectivity index (χ3n) is 4.89. The molecule has 0 unspecified atom stereocenters. The molecule has 26 heavy (non-hydrogen) atoms. The van der Waals surface area contributed by atoms with E-state index in [0.29, 0.717) is 5.65 Å². The minimum Gasteiger partial charge on any atom is -0.356 e. The molecule has 3 aromatic rings. The number of piperidine rings is 1. The molecule has 3 heterocycles. The summed E-state index contributed by atoms with van der Waals surface area (Å²) in [4.78, 5) is 24.0. The Morgan fingerprint density at radius 3 is 2.62 bits per heavy atom. The van der Waals surface area contributed by atoms with Crippen molar-refractivity contribution in [3.05, 3.63) is 42.4 Å². The number of nitrogens with one attached hydrogen (secondary N) is 1. The van der Waals surface area contributed by atoms with Crippen LogP contribution in [0.25, 0.3) is 11.0 Å². The first-order valence-corrected chi connectivity index (χ1v) is 8.93. The van der Waals surface area contributed by atoms with Gasteiger partial charge in [0.2, 0.25) is 5.82 Å². The maximum atomic E-state index is 12.7. The Kier molecular flexibility index (Phi) is 4.28. The van der Waals surface area contributed by atoms with Gasteiger partial charge in [-0.15, -0.1) is 0 Å². The summed E-state index contributed by atoms with van der Waals surface area (Å²) in [5, 5.41) is 8.05. The number of carbonyl (C=O) groups is 1. The number of benzene rings is 1. The van der Waals surface area contributed by atoms with E-state index in [1.165, 1.54) is 0 Å². The zero-order chi connectivity index (χ0) is 18.1. The molecule has 0 bridgehead atoms. The summed E-state index contributed by atoms with van der Waals surface area (Å²) in [6.45, 7) is 4.14. The second-order valence-corrected chi connectivity index (χ2v) is 6.87. The molecule has 0 radical (unpaired) electrons. The van der Waals surface area contributed by atoms with Crippen LogP contribution in [0.1, 0.15) is 30.4 Å². The summed E-state index contributed by atoms with van der Waals surface area (Å²) in [5.41, 5.74) is 1.39. The Labute approximate surface area is 152 Å². The van der Waals surface area contributed by atoms with Crippen LogP contribution in [0, 0.1) is 5.92 Å². The number of fused-ring (bicyclic) bond motifs is 1. The van der Waals surface area contributed by atoms with Crippen molar-refractivity contribution in [2.24, 2.45) is 13.0 Å². The largest absolute Gasteiger partial charge is 0.356 e. The minimum atomic E-state index is -0.314. The SMILES string of the molecule is CC1CCN(c2nc(C(=O)Nc3ccccc3)nc3c2cnn3C)CC1. The van der Waals surface area contributed by atoms with Gasteiger partial charge in [0.05, 0.1) is 11.6 Å². The minimum absolute atomic E-state index is 0.165. The fraction of sp³-hybridized carbons (Fsp3) is 0.368. The number of nitrogens with zero attached hydrogens (tertiary/aromatic N) is 5. The molecule has 1 saturated heterocycles. The Morgan fingerprint density at radius 1 is 1.15 bits per heavy atom. The van der Waals surface area contributed by atoms with Crippen LogP contribution in [-0.4, -0.2) is 38.7 Å². The van der Waals surface area contributed by atoms with Gasteiger partial charge in [0, 0.05) is 25.8 Å². The van der Waals surface area contributed by atoms with Gasteiger partial charge >= 0.3 is 0 Å². The summed E-state index contributed by atoms with van der Waals surface area (Å²) in [5.74, 6) is 1.37. The highest BCUT2D eigenvalue weighted by Crippen LogP contribution is 2.28. The molecule has 1 N–H and O–H groups in total. The lowest BCUT2D eigenvalue weighted by Gasteiger charge is -2.31. The topological polar surface area (TPSA) is 75.9 Å². The lowest BCUT2D eigenvalue weighted by Crippen LogP contribution is -2.34. The summed E-state index contributed by atoms with van der Waals surface area (Å²) in [7, 11) is 1.83. The van der Waals surface area contributed by atoms with Crippen molar-refractivity contribution >= 4 is 28.4 Å². The predicted molar refractivity (Wildman–Crippen MR) is 101 cm³/mol. The van der Waals surface area contributed by atoms with Crippen molar-refractivity contribution in [3.63, 3.8) is 0 Å². The van der Waals surface area contributed by atoms with E-state index in [1.807, 2.05) is 37.4 Å². The van der Waals surface area contributed by atoms with E-state index in [0.717, 1.165) is 48.7 Å². The van der Waals surface area contributed by atoms with Crippen molar-refractivity contribution in [2.45, 2.75) is 19.8 Å². The van der Waals surface area contributed by atoms with E-state index in [1.54, 1.807) is 10.9 Å². The maximum Gasteiger partial charge on any atom is 0.293 e. The number of amides is 1. The highest BCUT2D eigenvalue weighted by atomic mass is 16.2. The molecule has 134 valence electrons. The smallest absolute Gasteiger partial charge is 0.293 e. The summed E-state index contributed by atoms with van der Waals surface area (Å²) in [6.07, 6.45) is 4.02. The normalized spacial score (nSPS) is 15.4. The number of carbonyl (C=O) groups excluding carboxylic acids is 1. The molecule has 1 aliphatic rings. The van der Waals surface area contributed by atoms with Crippen LogP contribution >= 0.6 is 0 Å². The van der Waals surface area contributed by atoms with Crippen LogP contribution in [0.5, 0.6) is 0 Å². The Morgan fingerprint density at radius 2 is 1.88 bits per heavy atom. The van der Waals surface area contributed by atoms with E-state index < -0.39 is 0 Å². The molecule has 0 atom stereocenters. The molecule has 0 aliphatic carbocycles. The molecule has 0 saturated carbocycles. The van der Waals surface area contributed by atoms with Crippen LogP contribution in [-0.2, 0) is 7.05 Å². The average molecular weight is 350 g/mol. The number of rotatable bonds is 3. The molecule has 1 aromatic carbocycles. The highest BCUT2D eigenvalue weighted by Gasteiger charge is 2.23. The van der Waals surface area contributed by atoms with Gasteiger partial charge in [0.1, 0.15) is 5.82 Å². The van der Waals surface area contributed by atoms with Crippen molar-refractivity contribution in [1.29, 1.82) is 0 Å². The van der Waals surface area contributed by atoms with Crippen molar-refractivity contribution < 1.29 is 4.79 Å². The number of aromatic nitrogens is 4. The Hall–Kier alpha value is -2.96. The Bertz CT molecular complexity index is 928. The zero-order valence-corrected chi connectivity index (χ0v) is 15.0. The second-order valence-electron chi connectivity index (χ2n) is 6.87. The van der Waals surface area contributed by atoms with Gasteiger partial charge in [-0.05, 0) is 30.9 Å². The summed E-state index contributed by atoms with van der Waals surface area (Å²) >= 11 is 0. The van der Waals surface area contributed by atoms with E-state index in [4.69, 9.17) is 0 Å². The van der Waals surface area contributed by atoms with E-state index in [2.05, 4.69) is 32.2 Å². The fourth-order valence-corrected chi connectivity index (χ4v) is 3.28. The van der Waals surface area contributed by atoms with Gasteiger partial charge in [0.25, 0.3) is 5.91 Å². The number of aryl methyl sites for hydroxylation is 1. The summed E-state index contributed by atoms with van der Waals surface area (Å²) in [6, 6.07) is 9.34. The standard InChI is InChI=1S/C19H22N6O/c1-13-8-10-25(11-9-13)18-15-12-20-24(2)17(15)22-16(23-18)19(26)21-14-6-4-3-5-7-14/h3-7,12-13H,8-11H2,1-2H3,(H,21,26). The molecular formula is C19H22N6O. The molecule has 4 rings (SSSR count). The van der Waals surface area contributed by atoms with E-state index in [-0.39, 0.29) is 11.7 Å². The number of para-hydroxylation sites is 1. The van der Waals surface area contributed by atoms with Gasteiger partial charge in [0.15, 0.2) is 5.65 Å².